The van der Waals surface area contributed by atoms with Crippen LogP contribution in [0.5, 0.6) is 5.75 Å². The van der Waals surface area contributed by atoms with Crippen molar-refractivity contribution in [1.29, 1.82) is 0 Å². The van der Waals surface area contributed by atoms with Crippen LogP contribution in [0.3, 0.4) is 0 Å². The molecule has 3 amide bonds. The summed E-state index contributed by atoms with van der Waals surface area (Å²) in [6.45, 7) is 5.51. The second kappa shape index (κ2) is 8.55. The number of rotatable bonds is 4. The lowest BCUT2D eigenvalue weighted by molar-refractivity contribution is -0.132. The van der Waals surface area contributed by atoms with Crippen LogP contribution in [0.2, 0.25) is 0 Å². The molecule has 8 nitrogen and oxygen atoms in total. The number of ether oxygens (including phenoxy) is 2. The van der Waals surface area contributed by atoms with Gasteiger partial charge in [0.15, 0.2) is 6.61 Å². The molecular weight excluding hydrogens is 338 g/mol. The van der Waals surface area contributed by atoms with Gasteiger partial charge >= 0.3 is 6.09 Å². The van der Waals surface area contributed by atoms with Crippen LogP contribution < -0.4 is 15.6 Å². The highest BCUT2D eigenvalue weighted by Crippen LogP contribution is 2.20. The second-order valence-electron chi connectivity index (χ2n) is 6.97. The van der Waals surface area contributed by atoms with E-state index in [-0.39, 0.29) is 6.61 Å². The van der Waals surface area contributed by atoms with E-state index in [4.69, 9.17) is 9.47 Å². The van der Waals surface area contributed by atoms with E-state index < -0.39 is 29.6 Å². The number of likely N-dealkylation sites (tertiary alicyclic amines) is 1. The largest absolute Gasteiger partial charge is 0.484 e. The van der Waals surface area contributed by atoms with E-state index in [9.17, 15) is 14.4 Å². The molecule has 0 radical (unpaired) electrons. The standard InChI is InChI=1S/C18H25N3O5/c1-18(2,3)26-17(24)21-11-7-10-14(21)16(23)20-19-15(22)12-25-13-8-5-4-6-9-13/h4-6,8-9,14H,7,10-12H2,1-3H3,(H,19,22)(H,20,23). The molecule has 0 aliphatic carbocycles. The molecular formula is C18H25N3O5. The predicted octanol–water partition coefficient (Wildman–Crippen LogP) is 1.61. The van der Waals surface area contributed by atoms with E-state index in [1.165, 1.54) is 4.90 Å². The maximum Gasteiger partial charge on any atom is 0.410 e. The van der Waals surface area contributed by atoms with E-state index in [1.807, 2.05) is 6.07 Å². The Morgan fingerprint density at radius 2 is 1.85 bits per heavy atom. The molecule has 2 rings (SSSR count). The van der Waals surface area contributed by atoms with Gasteiger partial charge in [-0.25, -0.2) is 4.79 Å². The molecule has 0 spiro atoms. The van der Waals surface area contributed by atoms with Crippen molar-refractivity contribution in [2.75, 3.05) is 13.2 Å². The van der Waals surface area contributed by atoms with Gasteiger partial charge in [0.1, 0.15) is 17.4 Å². The number of hydrazine groups is 1. The highest BCUT2D eigenvalue weighted by molar-refractivity contribution is 5.88. The molecule has 1 aliphatic rings. The molecule has 1 heterocycles. The van der Waals surface area contributed by atoms with Crippen LogP contribution in [0.4, 0.5) is 4.79 Å². The lowest BCUT2D eigenvalue weighted by atomic mass is 10.2. The highest BCUT2D eigenvalue weighted by atomic mass is 16.6. The summed E-state index contributed by atoms with van der Waals surface area (Å²) in [7, 11) is 0. The van der Waals surface area contributed by atoms with E-state index in [2.05, 4.69) is 10.9 Å². The van der Waals surface area contributed by atoms with E-state index in [0.29, 0.717) is 25.1 Å². The number of para-hydroxylation sites is 1. The van der Waals surface area contributed by atoms with Crippen LogP contribution >= 0.6 is 0 Å². The maximum absolute atomic E-state index is 12.3. The minimum atomic E-state index is -0.666. The molecule has 1 aromatic rings. The molecule has 0 bridgehead atoms. The maximum atomic E-state index is 12.3. The first-order valence-electron chi connectivity index (χ1n) is 8.52. The number of benzene rings is 1. The summed E-state index contributed by atoms with van der Waals surface area (Å²) in [6, 6.07) is 8.21. The van der Waals surface area contributed by atoms with Gasteiger partial charge in [-0.15, -0.1) is 0 Å². The number of hydrogen-bond acceptors (Lipinski definition) is 5. The molecule has 26 heavy (non-hydrogen) atoms. The number of amides is 3. The lowest BCUT2D eigenvalue weighted by Crippen LogP contribution is -2.53. The number of carbonyl (C=O) groups excluding carboxylic acids is 3. The molecule has 2 N–H and O–H groups in total. The zero-order valence-corrected chi connectivity index (χ0v) is 15.3. The van der Waals surface area contributed by atoms with Gasteiger partial charge in [0.25, 0.3) is 11.8 Å². The molecule has 1 unspecified atom stereocenters. The van der Waals surface area contributed by atoms with Crippen molar-refractivity contribution in [2.45, 2.75) is 45.3 Å². The first-order valence-corrected chi connectivity index (χ1v) is 8.52. The van der Waals surface area contributed by atoms with Crippen molar-refractivity contribution < 1.29 is 23.9 Å². The fraction of sp³-hybridized carbons (Fsp3) is 0.500. The third-order valence-corrected chi connectivity index (χ3v) is 3.62. The predicted molar refractivity (Wildman–Crippen MR) is 94.2 cm³/mol. The van der Waals surface area contributed by atoms with Gasteiger partial charge in [0.05, 0.1) is 0 Å². The molecule has 1 aromatic carbocycles. The Hall–Kier alpha value is -2.77. The zero-order chi connectivity index (χ0) is 19.2. The number of nitrogens with one attached hydrogen (secondary N) is 2. The third kappa shape index (κ3) is 5.94. The Morgan fingerprint density at radius 3 is 2.50 bits per heavy atom. The second-order valence-corrected chi connectivity index (χ2v) is 6.97. The molecule has 1 atom stereocenters. The topological polar surface area (TPSA) is 97.0 Å². The SMILES string of the molecule is CC(C)(C)OC(=O)N1CCCC1C(=O)NNC(=O)COc1ccccc1. The Bertz CT molecular complexity index is 642. The molecule has 0 aromatic heterocycles. The van der Waals surface area contributed by atoms with Crippen molar-refractivity contribution in [3.05, 3.63) is 30.3 Å². The fourth-order valence-electron chi connectivity index (χ4n) is 2.49. The number of hydrogen-bond donors (Lipinski definition) is 2. The Kier molecular flexibility index (Phi) is 6.43. The van der Waals surface area contributed by atoms with Crippen molar-refractivity contribution >= 4 is 17.9 Å². The lowest BCUT2D eigenvalue weighted by Gasteiger charge is -2.28. The minimum absolute atomic E-state index is 0.231. The molecule has 0 saturated carbocycles. The quantitative estimate of drug-likeness (QED) is 0.792. The molecule has 142 valence electrons. The summed E-state index contributed by atoms with van der Waals surface area (Å²) in [6.07, 6.45) is 0.679. The zero-order valence-electron chi connectivity index (χ0n) is 15.3. The molecule has 1 fully saturated rings. The van der Waals surface area contributed by atoms with Gasteiger partial charge in [-0.2, -0.15) is 0 Å². The first-order chi connectivity index (χ1) is 12.3. The monoisotopic (exact) mass is 363 g/mol. The van der Waals surface area contributed by atoms with Gasteiger partial charge in [0, 0.05) is 6.54 Å². The van der Waals surface area contributed by atoms with Crippen LogP contribution in [0.15, 0.2) is 30.3 Å². The number of nitrogens with zero attached hydrogens (tertiary/aromatic N) is 1. The van der Waals surface area contributed by atoms with E-state index in [0.717, 1.165) is 0 Å². The Morgan fingerprint density at radius 1 is 1.15 bits per heavy atom. The van der Waals surface area contributed by atoms with Crippen molar-refractivity contribution in [1.82, 2.24) is 15.8 Å². The van der Waals surface area contributed by atoms with Crippen LogP contribution in [0.25, 0.3) is 0 Å². The average molecular weight is 363 g/mol. The van der Waals surface area contributed by atoms with Crippen LogP contribution in [0.1, 0.15) is 33.6 Å². The summed E-state index contributed by atoms with van der Waals surface area (Å²) in [4.78, 5) is 37.6. The third-order valence-electron chi connectivity index (χ3n) is 3.62. The Labute approximate surface area is 152 Å². The van der Waals surface area contributed by atoms with Gasteiger partial charge in [-0.3, -0.25) is 25.3 Å². The van der Waals surface area contributed by atoms with Gasteiger partial charge < -0.3 is 9.47 Å². The minimum Gasteiger partial charge on any atom is -0.484 e. The van der Waals surface area contributed by atoms with Crippen LogP contribution in [-0.4, -0.2) is 47.6 Å². The first kappa shape index (κ1) is 19.6. The Balaban J connectivity index is 1.79. The number of carbonyl (C=O) groups is 3. The molecule has 8 heteroatoms. The van der Waals surface area contributed by atoms with Gasteiger partial charge in [-0.05, 0) is 45.7 Å². The van der Waals surface area contributed by atoms with Crippen molar-refractivity contribution in [3.63, 3.8) is 0 Å². The highest BCUT2D eigenvalue weighted by Gasteiger charge is 2.36. The summed E-state index contributed by atoms with van der Waals surface area (Å²) >= 11 is 0. The summed E-state index contributed by atoms with van der Waals surface area (Å²) in [5.41, 5.74) is 4.00. The fourth-order valence-corrected chi connectivity index (χ4v) is 2.49. The van der Waals surface area contributed by atoms with E-state index >= 15 is 0 Å². The van der Waals surface area contributed by atoms with Crippen LogP contribution in [0, 0.1) is 0 Å². The van der Waals surface area contributed by atoms with Crippen molar-refractivity contribution in [3.8, 4) is 5.75 Å². The summed E-state index contributed by atoms with van der Waals surface area (Å²) < 4.78 is 10.6. The van der Waals surface area contributed by atoms with E-state index in [1.54, 1.807) is 45.0 Å². The summed E-state index contributed by atoms with van der Waals surface area (Å²) in [5, 5.41) is 0. The smallest absolute Gasteiger partial charge is 0.410 e. The van der Waals surface area contributed by atoms with Gasteiger partial charge in [0.2, 0.25) is 0 Å². The summed E-state index contributed by atoms with van der Waals surface area (Å²) in [5.74, 6) is -0.397. The van der Waals surface area contributed by atoms with Gasteiger partial charge in [-0.1, -0.05) is 18.2 Å². The van der Waals surface area contributed by atoms with Crippen molar-refractivity contribution in [2.24, 2.45) is 0 Å². The van der Waals surface area contributed by atoms with Crippen LogP contribution in [-0.2, 0) is 14.3 Å². The molecule has 1 saturated heterocycles. The molecule has 1 aliphatic heterocycles. The normalized spacial score (nSPS) is 16.7. The average Bonchev–Trinajstić information content (AvgIpc) is 3.07.